The number of esters is 1. The highest BCUT2D eigenvalue weighted by atomic mass is 19.1. The molecule has 13 nitrogen and oxygen atoms in total. The number of phenols is 1. The Morgan fingerprint density at radius 1 is 0.781 bits per heavy atom. The van der Waals surface area contributed by atoms with Gasteiger partial charge in [0, 0.05) is 98.9 Å². The van der Waals surface area contributed by atoms with Crippen molar-refractivity contribution in [2.75, 3.05) is 56.5 Å². The summed E-state index contributed by atoms with van der Waals surface area (Å²) in [5.41, 5.74) is 7.16. The van der Waals surface area contributed by atoms with E-state index >= 15 is 4.39 Å². The molecule has 1 aromatic heterocycles. The fourth-order valence-electron chi connectivity index (χ4n) is 9.94. The van der Waals surface area contributed by atoms with Gasteiger partial charge in [-0.1, -0.05) is 62.1 Å². The summed E-state index contributed by atoms with van der Waals surface area (Å²) in [6, 6.07) is 37.7. The fourth-order valence-corrected chi connectivity index (χ4v) is 9.94. The molecule has 6 aromatic carbocycles. The van der Waals surface area contributed by atoms with Gasteiger partial charge < -0.3 is 34.4 Å². The molecule has 372 valence electrons. The Bertz CT molecular complexity index is 3180. The van der Waals surface area contributed by atoms with Crippen molar-refractivity contribution in [2.45, 2.75) is 63.0 Å². The number of fused-ring (bicyclic) bond motifs is 7. The summed E-state index contributed by atoms with van der Waals surface area (Å²) in [5, 5.41) is 16.3. The summed E-state index contributed by atoms with van der Waals surface area (Å²) in [7, 11) is 7.82. The number of phenolic OH excluding ortho intramolecular Hbond substituents is 1. The maximum absolute atomic E-state index is 15.4. The van der Waals surface area contributed by atoms with Crippen molar-refractivity contribution in [3.63, 3.8) is 0 Å². The van der Waals surface area contributed by atoms with Gasteiger partial charge in [0.1, 0.15) is 34.8 Å². The van der Waals surface area contributed by atoms with Gasteiger partial charge in [-0.15, -0.1) is 0 Å². The zero-order valence-corrected chi connectivity index (χ0v) is 41.4. The monoisotopic (exact) mass is 981 g/mol. The Kier molecular flexibility index (Phi) is 13.6. The lowest BCUT2D eigenvalue weighted by Crippen LogP contribution is -2.44. The van der Waals surface area contributed by atoms with E-state index in [1.165, 1.54) is 6.07 Å². The number of halogens is 1. The van der Waals surface area contributed by atoms with Crippen LogP contribution < -0.4 is 34.5 Å². The molecule has 1 unspecified atom stereocenters. The molecule has 4 heterocycles. The van der Waals surface area contributed by atoms with Crippen molar-refractivity contribution in [1.29, 1.82) is 0 Å². The summed E-state index contributed by atoms with van der Waals surface area (Å²) in [6.07, 6.45) is 7.83. The van der Waals surface area contributed by atoms with Crippen LogP contribution in [0.2, 0.25) is 0 Å². The Labute approximate surface area is 424 Å². The Morgan fingerprint density at radius 2 is 1.47 bits per heavy atom. The summed E-state index contributed by atoms with van der Waals surface area (Å²) in [4.78, 5) is 49.9. The first-order valence-electron chi connectivity index (χ1n) is 24.8. The molecule has 3 aliphatic rings. The number of carbonyl (C=O) groups is 3. The van der Waals surface area contributed by atoms with Crippen LogP contribution in [0.3, 0.4) is 0 Å². The summed E-state index contributed by atoms with van der Waals surface area (Å²) in [6.45, 7) is 0.874. The van der Waals surface area contributed by atoms with E-state index in [0.29, 0.717) is 81.7 Å². The third kappa shape index (κ3) is 9.76. The van der Waals surface area contributed by atoms with Crippen LogP contribution >= 0.6 is 0 Å². The lowest BCUT2D eigenvalue weighted by atomic mass is 9.77. The maximum Gasteiger partial charge on any atom is 0.359 e. The van der Waals surface area contributed by atoms with Gasteiger partial charge in [-0.3, -0.25) is 10.1 Å². The molecular weight excluding hydrogens is 924 g/mol. The van der Waals surface area contributed by atoms with Crippen LogP contribution in [-0.2, 0) is 23.2 Å². The standard InChI is InChI=1S/C59H57FN6O7/c1-64(2)41-20-25-45-53(34-41)72-54-35-42(65(3)4)21-26-46(54)59(45)47-33-40(19-24-44(47)58(70)73-59)56(68)61-28-12-7-5-6-8-13-29-71-52-27-16-38(30-48(52)60)32-50-57(69)66-36-51(39-17-22-43(67)23-18-39)62-49(55(66)63-50)31-37-14-10-9-11-15-37/h9-11,14-27,30,33-36,50H,5-8,12-13,28-29,31-32H2,1-4H3,(H2,61,67,68)/p+1. The number of amides is 1. The minimum atomic E-state index is -1.30. The summed E-state index contributed by atoms with van der Waals surface area (Å²) in [5.74, 6) is 0.746. The van der Waals surface area contributed by atoms with Gasteiger partial charge in [-0.2, -0.15) is 4.57 Å². The highest BCUT2D eigenvalue weighted by Crippen LogP contribution is 2.57. The third-order valence-electron chi connectivity index (χ3n) is 13.9. The molecule has 10 rings (SSSR count). The van der Waals surface area contributed by atoms with Crippen molar-refractivity contribution in [3.05, 3.63) is 184 Å². The molecule has 0 radical (unpaired) electrons. The molecule has 7 aromatic rings. The van der Waals surface area contributed by atoms with E-state index in [1.54, 1.807) is 65.4 Å². The van der Waals surface area contributed by atoms with E-state index in [4.69, 9.17) is 19.2 Å². The first-order valence-corrected chi connectivity index (χ1v) is 24.8. The molecule has 0 bridgehead atoms. The number of anilines is 3. The summed E-state index contributed by atoms with van der Waals surface area (Å²) >= 11 is 0. The lowest BCUT2D eigenvalue weighted by molar-refractivity contribution is -0.552. The number of ether oxygens (including phenoxy) is 3. The largest absolute Gasteiger partial charge is 0.508 e. The quantitative estimate of drug-likeness (QED) is 0.0429. The number of hydrogen-bond acceptors (Lipinski definition) is 11. The number of aromatic nitrogens is 2. The molecule has 1 atom stereocenters. The first kappa shape index (κ1) is 48.4. The molecule has 3 aliphatic heterocycles. The molecular formula is C59H58FN6O7+. The number of rotatable bonds is 18. The number of nitrogens with one attached hydrogen (secondary N) is 2. The van der Waals surface area contributed by atoms with Crippen molar-refractivity contribution >= 4 is 35.0 Å². The van der Waals surface area contributed by atoms with Crippen LogP contribution in [0.5, 0.6) is 23.0 Å². The van der Waals surface area contributed by atoms with Gasteiger partial charge in [0.2, 0.25) is 0 Å². The van der Waals surface area contributed by atoms with Crippen LogP contribution in [0, 0.1) is 5.82 Å². The van der Waals surface area contributed by atoms with Crippen LogP contribution in [0.1, 0.15) is 97.5 Å². The third-order valence-corrected chi connectivity index (χ3v) is 13.9. The molecule has 1 spiro atoms. The second-order valence-electron chi connectivity index (χ2n) is 19.3. The lowest BCUT2D eigenvalue weighted by Gasteiger charge is -2.37. The van der Waals surface area contributed by atoms with Crippen molar-refractivity contribution < 1.29 is 42.7 Å². The molecule has 0 saturated carbocycles. The second kappa shape index (κ2) is 20.5. The van der Waals surface area contributed by atoms with Gasteiger partial charge >= 0.3 is 17.7 Å². The number of nitrogens with zero attached hydrogens (tertiary/aromatic N) is 4. The van der Waals surface area contributed by atoms with Crippen molar-refractivity contribution in [3.8, 4) is 34.3 Å². The number of unbranched alkanes of at least 4 members (excludes halogenated alkanes) is 5. The Morgan fingerprint density at radius 3 is 2.15 bits per heavy atom. The molecule has 1 amide bonds. The highest BCUT2D eigenvalue weighted by molar-refractivity contribution is 6.00. The topological polar surface area (TPSA) is 146 Å². The van der Waals surface area contributed by atoms with E-state index in [0.717, 1.165) is 61.0 Å². The zero-order valence-electron chi connectivity index (χ0n) is 41.4. The number of carbonyl (C=O) groups excluding carboxylic acids is 3. The van der Waals surface area contributed by atoms with Crippen LogP contribution in [0.15, 0.2) is 134 Å². The zero-order chi connectivity index (χ0) is 50.8. The molecule has 73 heavy (non-hydrogen) atoms. The van der Waals surface area contributed by atoms with E-state index in [1.807, 2.05) is 105 Å². The SMILES string of the molecule is CN(C)c1ccc2c(c1)Oc1cc(N(C)C)ccc1C21OC(=O)c2ccc(C(=O)NCCCCCCCCOc3ccc(CC4Nc5c(Cc6ccccc6)nc(-c6ccc(O)cc6)c[n+]5C4=O)cc3F)cc21. The minimum Gasteiger partial charge on any atom is -0.508 e. The van der Waals surface area contributed by atoms with E-state index in [9.17, 15) is 19.5 Å². The number of aromatic hydroxyl groups is 1. The average Bonchev–Trinajstić information content (AvgIpc) is 3.86. The average molecular weight is 982 g/mol. The van der Waals surface area contributed by atoms with Gasteiger partial charge in [-0.25, -0.2) is 19.0 Å². The second-order valence-corrected chi connectivity index (χ2v) is 19.3. The number of hydrogen-bond donors (Lipinski definition) is 3. The van der Waals surface area contributed by atoms with E-state index < -0.39 is 23.4 Å². The normalized spacial score (nSPS) is 14.6. The fraction of sp³-hybridized carbons (Fsp3) is 0.271. The van der Waals surface area contributed by atoms with E-state index in [-0.39, 0.29) is 29.7 Å². The highest BCUT2D eigenvalue weighted by Gasteiger charge is 2.54. The van der Waals surface area contributed by atoms with Crippen molar-refractivity contribution in [2.24, 2.45) is 0 Å². The Balaban J connectivity index is 0.690. The predicted molar refractivity (Wildman–Crippen MR) is 278 cm³/mol. The minimum absolute atomic E-state index is 0.141. The van der Waals surface area contributed by atoms with Crippen LogP contribution in [0.4, 0.5) is 21.6 Å². The molecule has 14 heteroatoms. The van der Waals surface area contributed by atoms with Crippen molar-refractivity contribution in [1.82, 2.24) is 10.3 Å². The van der Waals surface area contributed by atoms with Crippen LogP contribution in [-0.4, -0.2) is 75.3 Å². The van der Waals surface area contributed by atoms with Gasteiger partial charge in [-0.05, 0) is 103 Å². The van der Waals surface area contributed by atoms with Gasteiger partial charge in [0.05, 0.1) is 12.2 Å². The van der Waals surface area contributed by atoms with E-state index in [2.05, 4.69) is 10.6 Å². The molecule has 0 fully saturated rings. The molecule has 0 saturated heterocycles. The maximum atomic E-state index is 15.4. The first-order chi connectivity index (χ1) is 35.4. The molecule has 0 aliphatic carbocycles. The smallest absolute Gasteiger partial charge is 0.359 e. The van der Waals surface area contributed by atoms with Crippen LogP contribution in [0.25, 0.3) is 11.3 Å². The summed E-state index contributed by atoms with van der Waals surface area (Å²) < 4.78 is 35.7. The molecule has 3 N–H and O–H groups in total. The van der Waals surface area contributed by atoms with Gasteiger partial charge in [0.15, 0.2) is 23.2 Å². The number of benzene rings is 6. The Hall–Kier alpha value is -8.26. The van der Waals surface area contributed by atoms with Gasteiger partial charge in [0.25, 0.3) is 5.91 Å². The predicted octanol–water partition coefficient (Wildman–Crippen LogP) is 10.00.